The number of nitrogens with zero attached hydrogens (tertiary/aromatic N) is 1. The number of benzene rings is 1. The molecule has 1 heterocycles. The highest BCUT2D eigenvalue weighted by atomic mass is 127. The van der Waals surface area contributed by atoms with Crippen LogP contribution in [0.5, 0.6) is 17.2 Å². The van der Waals surface area contributed by atoms with E-state index in [9.17, 15) is 0 Å². The van der Waals surface area contributed by atoms with Crippen LogP contribution in [0.3, 0.4) is 0 Å². The molecule has 154 valence electrons. The molecule has 0 spiro atoms. The van der Waals surface area contributed by atoms with Crippen molar-refractivity contribution in [3.05, 3.63) is 17.7 Å². The summed E-state index contributed by atoms with van der Waals surface area (Å²) in [6.07, 6.45) is 2.53. The zero-order chi connectivity index (χ0) is 19.0. The minimum Gasteiger partial charge on any atom is -0.496 e. The molecule has 2 N–H and O–H groups in total. The molecular weight excluding hydrogens is 477 g/mol. The zero-order valence-electron chi connectivity index (χ0n) is 16.9. The molecule has 0 amide bonds. The van der Waals surface area contributed by atoms with Gasteiger partial charge in [-0.1, -0.05) is 0 Å². The quantitative estimate of drug-likeness (QED) is 0.317. The van der Waals surface area contributed by atoms with E-state index in [1.54, 1.807) is 21.3 Å². The lowest BCUT2D eigenvalue weighted by Crippen LogP contribution is -2.43. The first-order valence-electron chi connectivity index (χ1n) is 9.00. The lowest BCUT2D eigenvalue weighted by molar-refractivity contribution is 0.369. The number of hydrogen-bond donors (Lipinski definition) is 2. The first kappa shape index (κ1) is 24.0. The fourth-order valence-electron chi connectivity index (χ4n) is 2.98. The fraction of sp³-hybridized carbons (Fsp3) is 0.632. The van der Waals surface area contributed by atoms with Crippen molar-refractivity contribution in [2.24, 2.45) is 4.99 Å². The van der Waals surface area contributed by atoms with Crippen LogP contribution in [0.15, 0.2) is 17.1 Å². The van der Waals surface area contributed by atoms with E-state index in [2.05, 4.69) is 24.5 Å². The Bertz CT molecular complexity index is 597. The molecule has 1 aliphatic rings. The Morgan fingerprint density at radius 3 is 2.30 bits per heavy atom. The van der Waals surface area contributed by atoms with E-state index >= 15 is 0 Å². The van der Waals surface area contributed by atoms with Gasteiger partial charge in [0.1, 0.15) is 17.2 Å². The van der Waals surface area contributed by atoms with Crippen LogP contribution in [0.4, 0.5) is 0 Å². The summed E-state index contributed by atoms with van der Waals surface area (Å²) in [5, 5.41) is 6.80. The molecular formula is C19H32IN3O3S. The van der Waals surface area contributed by atoms with Gasteiger partial charge in [0, 0.05) is 30.0 Å². The molecule has 2 rings (SSSR count). The van der Waals surface area contributed by atoms with Crippen molar-refractivity contribution >= 4 is 41.7 Å². The highest BCUT2D eigenvalue weighted by Crippen LogP contribution is 2.37. The third kappa shape index (κ3) is 6.81. The maximum absolute atomic E-state index is 5.51. The molecule has 0 bridgehead atoms. The number of hydrogen-bond acceptors (Lipinski definition) is 5. The van der Waals surface area contributed by atoms with Gasteiger partial charge in [-0.2, -0.15) is 11.8 Å². The van der Waals surface area contributed by atoms with Crippen LogP contribution < -0.4 is 24.8 Å². The molecule has 1 aliphatic heterocycles. The van der Waals surface area contributed by atoms with Crippen molar-refractivity contribution in [1.29, 1.82) is 0 Å². The number of aliphatic imine (C=N–C) groups is 1. The summed E-state index contributed by atoms with van der Waals surface area (Å²) in [5.41, 5.74) is 0.898. The average molecular weight is 509 g/mol. The van der Waals surface area contributed by atoms with Crippen LogP contribution in [0, 0.1) is 0 Å². The molecule has 6 nitrogen and oxygen atoms in total. The van der Waals surface area contributed by atoms with Crippen LogP contribution in [-0.2, 0) is 6.54 Å². The minimum atomic E-state index is 0. The van der Waals surface area contributed by atoms with Crippen LogP contribution in [0.2, 0.25) is 0 Å². The Morgan fingerprint density at radius 2 is 1.81 bits per heavy atom. The number of halogens is 1. The number of rotatable bonds is 8. The van der Waals surface area contributed by atoms with Gasteiger partial charge in [0.25, 0.3) is 0 Å². The lowest BCUT2D eigenvalue weighted by atomic mass is 10.1. The molecule has 1 atom stereocenters. The summed E-state index contributed by atoms with van der Waals surface area (Å²) in [7, 11) is 4.91. The maximum atomic E-state index is 5.51. The summed E-state index contributed by atoms with van der Waals surface area (Å²) < 4.78 is 16.6. The van der Waals surface area contributed by atoms with Crippen molar-refractivity contribution in [2.45, 2.75) is 38.0 Å². The van der Waals surface area contributed by atoms with Crippen LogP contribution in [0.25, 0.3) is 0 Å². The van der Waals surface area contributed by atoms with E-state index in [4.69, 9.17) is 19.2 Å². The summed E-state index contributed by atoms with van der Waals surface area (Å²) in [6.45, 7) is 6.55. The Morgan fingerprint density at radius 1 is 1.15 bits per heavy atom. The number of methoxy groups -OCH3 is 3. The molecule has 1 aromatic rings. The molecule has 0 saturated carbocycles. The monoisotopic (exact) mass is 509 g/mol. The Balaban J connectivity index is 0.00000364. The average Bonchev–Trinajstić information content (AvgIpc) is 3.10. The van der Waals surface area contributed by atoms with Gasteiger partial charge in [-0.3, -0.25) is 0 Å². The van der Waals surface area contributed by atoms with Gasteiger partial charge in [-0.25, -0.2) is 4.99 Å². The van der Waals surface area contributed by atoms with Crippen LogP contribution >= 0.6 is 35.7 Å². The van der Waals surface area contributed by atoms with E-state index in [1.165, 1.54) is 18.6 Å². The minimum absolute atomic E-state index is 0. The SMILES string of the molecule is CCNC(=NCc1c(OC)cc(OC)cc1OC)NCC1(C)CCCS1.I. The normalized spacial score (nSPS) is 19.2. The molecule has 27 heavy (non-hydrogen) atoms. The van der Waals surface area contributed by atoms with Crippen molar-refractivity contribution in [1.82, 2.24) is 10.6 Å². The molecule has 8 heteroatoms. The second-order valence-corrected chi connectivity index (χ2v) is 8.14. The topological polar surface area (TPSA) is 64.1 Å². The molecule has 0 aliphatic carbocycles. The van der Waals surface area contributed by atoms with Crippen molar-refractivity contribution in [3.8, 4) is 17.2 Å². The van der Waals surface area contributed by atoms with Crippen molar-refractivity contribution < 1.29 is 14.2 Å². The lowest BCUT2D eigenvalue weighted by Gasteiger charge is -2.24. The number of ether oxygens (including phenoxy) is 3. The maximum Gasteiger partial charge on any atom is 0.191 e. The van der Waals surface area contributed by atoms with Gasteiger partial charge in [0.05, 0.1) is 33.4 Å². The number of guanidine groups is 1. The molecule has 1 saturated heterocycles. The van der Waals surface area contributed by atoms with Crippen molar-refractivity contribution in [3.63, 3.8) is 0 Å². The Hall–Kier alpha value is -1.03. The fourth-order valence-corrected chi connectivity index (χ4v) is 4.22. The van der Waals surface area contributed by atoms with Gasteiger partial charge in [0.15, 0.2) is 5.96 Å². The van der Waals surface area contributed by atoms with E-state index in [0.29, 0.717) is 23.8 Å². The van der Waals surface area contributed by atoms with Crippen LogP contribution in [-0.4, -0.2) is 50.9 Å². The third-order valence-corrected chi connectivity index (χ3v) is 6.03. The second kappa shape index (κ2) is 11.7. The van der Waals surface area contributed by atoms with Gasteiger partial charge < -0.3 is 24.8 Å². The van der Waals surface area contributed by atoms with Crippen LogP contribution in [0.1, 0.15) is 32.3 Å². The van der Waals surface area contributed by atoms with E-state index in [1.807, 2.05) is 23.9 Å². The van der Waals surface area contributed by atoms with Crippen molar-refractivity contribution in [2.75, 3.05) is 40.2 Å². The molecule has 0 aromatic heterocycles. The van der Waals surface area contributed by atoms with Gasteiger partial charge in [0.2, 0.25) is 0 Å². The second-order valence-electron chi connectivity index (χ2n) is 6.46. The van der Waals surface area contributed by atoms with E-state index < -0.39 is 0 Å². The number of thioether (sulfide) groups is 1. The van der Waals surface area contributed by atoms with Gasteiger partial charge in [-0.05, 0) is 32.4 Å². The molecule has 0 radical (unpaired) electrons. The smallest absolute Gasteiger partial charge is 0.191 e. The first-order chi connectivity index (χ1) is 12.5. The first-order valence-corrected chi connectivity index (χ1v) is 9.98. The summed E-state index contributed by atoms with van der Waals surface area (Å²) in [4.78, 5) is 4.73. The standard InChI is InChI=1S/C19H31N3O3S.HI/c1-6-20-18(22-13-19(2)8-7-9-26-19)21-12-15-16(24-4)10-14(23-3)11-17(15)25-5;/h10-11H,6-9,12-13H2,1-5H3,(H2,20,21,22);1H. The molecule has 1 unspecified atom stereocenters. The molecule has 1 fully saturated rings. The third-order valence-electron chi connectivity index (χ3n) is 4.49. The van der Waals surface area contributed by atoms with Gasteiger partial charge >= 0.3 is 0 Å². The molecule has 1 aromatic carbocycles. The highest BCUT2D eigenvalue weighted by molar-refractivity contribution is 14.0. The largest absolute Gasteiger partial charge is 0.496 e. The summed E-state index contributed by atoms with van der Waals surface area (Å²) >= 11 is 2.04. The van der Waals surface area contributed by atoms with Gasteiger partial charge in [-0.15, -0.1) is 24.0 Å². The zero-order valence-corrected chi connectivity index (χ0v) is 20.0. The Labute approximate surface area is 184 Å². The Kier molecular flexibility index (Phi) is 10.4. The predicted molar refractivity (Wildman–Crippen MR) is 124 cm³/mol. The summed E-state index contributed by atoms with van der Waals surface area (Å²) in [5.74, 6) is 4.16. The van der Waals surface area contributed by atoms with E-state index in [0.717, 1.165) is 24.6 Å². The van der Waals surface area contributed by atoms with E-state index in [-0.39, 0.29) is 28.7 Å². The predicted octanol–water partition coefficient (Wildman–Crippen LogP) is 3.67. The number of nitrogens with one attached hydrogen (secondary N) is 2. The highest BCUT2D eigenvalue weighted by Gasteiger charge is 2.29. The summed E-state index contributed by atoms with van der Waals surface area (Å²) in [6, 6.07) is 3.70.